The molecule has 6 heteroatoms. The summed E-state index contributed by atoms with van der Waals surface area (Å²) in [5.74, 6) is 1.93. The molecule has 1 aromatic rings. The van der Waals surface area contributed by atoms with E-state index in [0.717, 1.165) is 44.0 Å². The van der Waals surface area contributed by atoms with Crippen LogP contribution in [0.5, 0.6) is 0 Å². The van der Waals surface area contributed by atoms with Crippen molar-refractivity contribution in [3.05, 3.63) is 34.6 Å². The fraction of sp³-hybridized carbons (Fsp3) is 0.562. The van der Waals surface area contributed by atoms with Crippen molar-refractivity contribution in [3.63, 3.8) is 0 Å². The first-order valence-electron chi connectivity index (χ1n) is 7.70. The van der Waals surface area contributed by atoms with Gasteiger partial charge in [-0.3, -0.25) is 9.69 Å². The molecular formula is C16H20ClFN2OS. The predicted molar refractivity (Wildman–Crippen MR) is 88.7 cm³/mol. The predicted octanol–water partition coefficient (Wildman–Crippen LogP) is 3.02. The van der Waals surface area contributed by atoms with Gasteiger partial charge in [0.1, 0.15) is 5.82 Å². The first kappa shape index (κ1) is 16.1. The summed E-state index contributed by atoms with van der Waals surface area (Å²) < 4.78 is 14.0. The molecule has 22 heavy (non-hydrogen) atoms. The van der Waals surface area contributed by atoms with Crippen LogP contribution in [0.2, 0.25) is 5.02 Å². The van der Waals surface area contributed by atoms with Crippen LogP contribution < -0.4 is 0 Å². The van der Waals surface area contributed by atoms with E-state index in [1.807, 2.05) is 16.7 Å². The number of likely N-dealkylation sites (tertiary alicyclic amines) is 1. The number of carbonyl (C=O) groups excluding carboxylic acids is 1. The lowest BCUT2D eigenvalue weighted by Crippen LogP contribution is -2.48. The van der Waals surface area contributed by atoms with Gasteiger partial charge in [0, 0.05) is 41.7 Å². The highest BCUT2D eigenvalue weighted by atomic mass is 35.5. The van der Waals surface area contributed by atoms with E-state index in [4.69, 9.17) is 11.6 Å². The van der Waals surface area contributed by atoms with Crippen LogP contribution in [-0.2, 0) is 11.3 Å². The lowest BCUT2D eigenvalue weighted by molar-refractivity contribution is -0.135. The number of carbonyl (C=O) groups is 1. The minimum absolute atomic E-state index is 0.126. The molecule has 1 unspecified atom stereocenters. The lowest BCUT2D eigenvalue weighted by Gasteiger charge is -2.32. The largest absolute Gasteiger partial charge is 0.340 e. The van der Waals surface area contributed by atoms with E-state index in [0.29, 0.717) is 17.1 Å². The Hall–Kier alpha value is -0.780. The number of benzene rings is 1. The van der Waals surface area contributed by atoms with Gasteiger partial charge < -0.3 is 4.90 Å². The number of nitrogens with zero attached hydrogens (tertiary/aromatic N) is 2. The zero-order valence-electron chi connectivity index (χ0n) is 12.4. The van der Waals surface area contributed by atoms with E-state index in [1.165, 1.54) is 6.07 Å². The van der Waals surface area contributed by atoms with Crippen molar-refractivity contribution in [2.24, 2.45) is 0 Å². The fourth-order valence-electron chi connectivity index (χ4n) is 3.18. The number of thioether (sulfide) groups is 1. The Labute approximate surface area is 139 Å². The Kier molecular flexibility index (Phi) is 5.26. The molecule has 0 radical (unpaired) electrons. The van der Waals surface area contributed by atoms with Gasteiger partial charge in [0.15, 0.2) is 0 Å². The number of hydrogen-bond donors (Lipinski definition) is 0. The van der Waals surface area contributed by atoms with Gasteiger partial charge in [-0.05, 0) is 31.5 Å². The molecule has 1 aromatic carbocycles. The summed E-state index contributed by atoms with van der Waals surface area (Å²) in [4.78, 5) is 16.8. The van der Waals surface area contributed by atoms with Gasteiger partial charge in [0.25, 0.3) is 0 Å². The van der Waals surface area contributed by atoms with Gasteiger partial charge in [-0.25, -0.2) is 4.39 Å². The smallest absolute Gasteiger partial charge is 0.239 e. The van der Waals surface area contributed by atoms with Crippen molar-refractivity contribution < 1.29 is 9.18 Å². The van der Waals surface area contributed by atoms with Crippen LogP contribution in [0.3, 0.4) is 0 Å². The molecular weight excluding hydrogens is 323 g/mol. The van der Waals surface area contributed by atoms with Gasteiger partial charge in [-0.15, -0.1) is 0 Å². The van der Waals surface area contributed by atoms with E-state index in [9.17, 15) is 9.18 Å². The van der Waals surface area contributed by atoms with Crippen molar-refractivity contribution >= 4 is 29.3 Å². The van der Waals surface area contributed by atoms with Crippen LogP contribution in [-0.4, -0.2) is 52.9 Å². The van der Waals surface area contributed by atoms with Gasteiger partial charge in [-0.1, -0.05) is 17.7 Å². The average molecular weight is 343 g/mol. The Bertz CT molecular complexity index is 531. The molecule has 0 aliphatic carbocycles. The molecule has 3 rings (SSSR count). The molecule has 2 heterocycles. The third kappa shape index (κ3) is 3.42. The first-order chi connectivity index (χ1) is 10.7. The van der Waals surface area contributed by atoms with Crippen LogP contribution in [0.25, 0.3) is 0 Å². The second-order valence-electron chi connectivity index (χ2n) is 5.77. The summed E-state index contributed by atoms with van der Waals surface area (Å²) in [5, 5.41) is 0.437. The average Bonchev–Trinajstić information content (AvgIpc) is 2.99. The molecule has 2 fully saturated rings. The summed E-state index contributed by atoms with van der Waals surface area (Å²) in [6.07, 6.45) is 1.83. The van der Waals surface area contributed by atoms with E-state index >= 15 is 0 Å². The summed E-state index contributed by atoms with van der Waals surface area (Å²) in [7, 11) is 0. The maximum atomic E-state index is 14.0. The fourth-order valence-corrected chi connectivity index (χ4v) is 4.30. The van der Waals surface area contributed by atoms with Crippen molar-refractivity contribution in [3.8, 4) is 0 Å². The van der Waals surface area contributed by atoms with Crippen molar-refractivity contribution in [1.82, 2.24) is 9.80 Å². The molecule has 0 bridgehead atoms. The third-order valence-corrected chi connectivity index (χ3v) is 5.69. The minimum atomic E-state index is -0.292. The molecule has 2 saturated heterocycles. The van der Waals surface area contributed by atoms with E-state index in [1.54, 1.807) is 12.1 Å². The first-order valence-corrected chi connectivity index (χ1v) is 9.23. The molecule has 0 spiro atoms. The van der Waals surface area contributed by atoms with Gasteiger partial charge >= 0.3 is 0 Å². The monoisotopic (exact) mass is 342 g/mol. The second kappa shape index (κ2) is 7.20. The zero-order valence-corrected chi connectivity index (χ0v) is 14.0. The topological polar surface area (TPSA) is 23.6 Å². The highest BCUT2D eigenvalue weighted by molar-refractivity contribution is 7.99. The van der Waals surface area contributed by atoms with Crippen LogP contribution in [0.15, 0.2) is 18.2 Å². The Morgan fingerprint density at radius 3 is 2.82 bits per heavy atom. The molecule has 2 aliphatic heterocycles. The Morgan fingerprint density at radius 1 is 1.32 bits per heavy atom. The normalized spacial score (nSPS) is 23.0. The van der Waals surface area contributed by atoms with Gasteiger partial charge in [0.2, 0.25) is 5.91 Å². The van der Waals surface area contributed by atoms with E-state index in [-0.39, 0.29) is 17.8 Å². The second-order valence-corrected chi connectivity index (χ2v) is 7.40. The molecule has 1 amide bonds. The summed E-state index contributed by atoms with van der Waals surface area (Å²) in [6.45, 7) is 2.89. The van der Waals surface area contributed by atoms with Crippen LogP contribution in [0.1, 0.15) is 18.4 Å². The maximum Gasteiger partial charge on any atom is 0.239 e. The standard InChI is InChI=1S/C16H20ClFN2OS/c17-13-3-1-4-14(18)12(13)11-20-6-2-5-15(20)16(21)19-7-9-22-10-8-19/h1,3-4,15H,2,5-11H2. The van der Waals surface area contributed by atoms with Crippen LogP contribution in [0.4, 0.5) is 4.39 Å². The molecule has 120 valence electrons. The zero-order chi connectivity index (χ0) is 15.5. The Morgan fingerprint density at radius 2 is 2.09 bits per heavy atom. The number of hydrogen-bond acceptors (Lipinski definition) is 3. The van der Waals surface area contributed by atoms with Crippen LogP contribution in [0, 0.1) is 5.82 Å². The summed E-state index contributed by atoms with van der Waals surface area (Å²) in [6, 6.07) is 4.61. The van der Waals surface area contributed by atoms with Gasteiger partial charge in [0.05, 0.1) is 6.04 Å². The lowest BCUT2D eigenvalue weighted by atomic mass is 10.1. The number of halogens is 2. The SMILES string of the molecule is O=C(C1CCCN1Cc1c(F)cccc1Cl)N1CCSCC1. The number of rotatable bonds is 3. The summed E-state index contributed by atoms with van der Waals surface area (Å²) >= 11 is 8.01. The molecule has 3 nitrogen and oxygen atoms in total. The molecule has 0 aromatic heterocycles. The highest BCUT2D eigenvalue weighted by Gasteiger charge is 2.34. The minimum Gasteiger partial charge on any atom is -0.340 e. The maximum absolute atomic E-state index is 14.0. The third-order valence-electron chi connectivity index (χ3n) is 4.39. The number of amides is 1. The van der Waals surface area contributed by atoms with Crippen molar-refractivity contribution in [2.75, 3.05) is 31.1 Å². The van der Waals surface area contributed by atoms with Crippen molar-refractivity contribution in [1.29, 1.82) is 0 Å². The highest BCUT2D eigenvalue weighted by Crippen LogP contribution is 2.27. The van der Waals surface area contributed by atoms with Crippen LogP contribution >= 0.6 is 23.4 Å². The molecule has 0 saturated carbocycles. The molecule has 1 atom stereocenters. The molecule has 2 aliphatic rings. The van der Waals surface area contributed by atoms with Gasteiger partial charge in [-0.2, -0.15) is 11.8 Å². The van der Waals surface area contributed by atoms with Crippen molar-refractivity contribution in [2.45, 2.75) is 25.4 Å². The Balaban J connectivity index is 1.71. The van der Waals surface area contributed by atoms with E-state index < -0.39 is 0 Å². The van der Waals surface area contributed by atoms with E-state index in [2.05, 4.69) is 4.90 Å². The quantitative estimate of drug-likeness (QED) is 0.843. The summed E-state index contributed by atoms with van der Waals surface area (Å²) in [5.41, 5.74) is 0.498. The molecule has 0 N–H and O–H groups in total.